The summed E-state index contributed by atoms with van der Waals surface area (Å²) in [5.74, 6) is -0.0834. The van der Waals surface area contributed by atoms with Crippen LogP contribution in [0.5, 0.6) is 5.75 Å². The third kappa shape index (κ3) is 6.49. The van der Waals surface area contributed by atoms with E-state index in [1.54, 1.807) is 60.7 Å². The van der Waals surface area contributed by atoms with Gasteiger partial charge in [-0.3, -0.25) is 4.79 Å². The van der Waals surface area contributed by atoms with E-state index in [4.69, 9.17) is 39.5 Å². The number of anilines is 1. The first-order chi connectivity index (χ1) is 14.9. The lowest BCUT2D eigenvalue weighted by Crippen LogP contribution is -2.13. The molecule has 1 N–H and O–H groups in total. The van der Waals surface area contributed by atoms with Crippen molar-refractivity contribution in [3.8, 4) is 11.8 Å². The van der Waals surface area contributed by atoms with E-state index >= 15 is 0 Å². The number of nitriles is 1. The van der Waals surface area contributed by atoms with Crippen LogP contribution in [0.15, 0.2) is 70.7 Å². The molecule has 0 unspecified atom stereocenters. The van der Waals surface area contributed by atoms with Crippen molar-refractivity contribution in [2.24, 2.45) is 0 Å². The van der Waals surface area contributed by atoms with E-state index in [0.717, 1.165) is 10.0 Å². The van der Waals surface area contributed by atoms with E-state index in [-0.39, 0.29) is 12.2 Å². The molecule has 0 aliphatic rings. The Morgan fingerprint density at radius 3 is 2.45 bits per heavy atom. The lowest BCUT2D eigenvalue weighted by atomic mass is 10.1. The van der Waals surface area contributed by atoms with Crippen molar-refractivity contribution in [2.75, 3.05) is 5.32 Å². The number of benzene rings is 3. The summed E-state index contributed by atoms with van der Waals surface area (Å²) in [6.07, 6.45) is 1.43. The van der Waals surface area contributed by atoms with Gasteiger partial charge in [0.1, 0.15) is 24.0 Å². The van der Waals surface area contributed by atoms with E-state index in [2.05, 4.69) is 21.2 Å². The van der Waals surface area contributed by atoms with E-state index in [1.165, 1.54) is 6.08 Å². The Morgan fingerprint density at radius 2 is 1.77 bits per heavy atom. The molecule has 0 aromatic heterocycles. The van der Waals surface area contributed by atoms with Gasteiger partial charge in [-0.05, 0) is 66.2 Å². The molecule has 0 saturated carbocycles. The molecule has 3 aromatic rings. The van der Waals surface area contributed by atoms with Gasteiger partial charge in [0, 0.05) is 20.7 Å². The van der Waals surface area contributed by atoms with Crippen molar-refractivity contribution in [3.63, 3.8) is 0 Å². The average Bonchev–Trinajstić information content (AvgIpc) is 2.75. The molecule has 3 aromatic carbocycles. The molecule has 0 atom stereocenters. The summed E-state index contributed by atoms with van der Waals surface area (Å²) in [4.78, 5) is 12.6. The second kappa shape index (κ2) is 10.7. The van der Waals surface area contributed by atoms with Gasteiger partial charge in [-0.25, -0.2) is 0 Å². The quantitative estimate of drug-likeness (QED) is 0.262. The first-order valence-electron chi connectivity index (χ1n) is 8.90. The Labute approximate surface area is 203 Å². The Kier molecular flexibility index (Phi) is 8.00. The molecule has 1 amide bonds. The van der Waals surface area contributed by atoms with Crippen LogP contribution >= 0.6 is 50.7 Å². The molecular formula is C23H14BrCl3N2O2. The highest BCUT2D eigenvalue weighted by Crippen LogP contribution is 2.28. The van der Waals surface area contributed by atoms with Crippen molar-refractivity contribution in [1.29, 1.82) is 5.26 Å². The zero-order valence-corrected chi connectivity index (χ0v) is 19.7. The van der Waals surface area contributed by atoms with Crippen LogP contribution in [-0.4, -0.2) is 5.91 Å². The summed E-state index contributed by atoms with van der Waals surface area (Å²) in [6.45, 7) is 0.215. The molecule has 4 nitrogen and oxygen atoms in total. The van der Waals surface area contributed by atoms with E-state index in [1.807, 2.05) is 6.07 Å². The fourth-order valence-corrected chi connectivity index (χ4v) is 3.36. The SMILES string of the molecule is N#C/C(=C\c1cc(Cl)ccc1OCc1ccc(Cl)c(Cl)c1)C(=O)Nc1ccc(Br)cc1. The number of carbonyl (C=O) groups is 1. The van der Waals surface area contributed by atoms with Gasteiger partial charge >= 0.3 is 0 Å². The standard InChI is InChI=1S/C23H14BrCl3N2O2/c24-17-2-5-19(6-3-17)29-23(30)16(12-28)10-15-11-18(25)4-8-22(15)31-13-14-1-7-20(26)21(27)9-14/h1-11H,13H2,(H,29,30)/b16-10+. The molecule has 0 heterocycles. The van der Waals surface area contributed by atoms with Crippen LogP contribution in [0.3, 0.4) is 0 Å². The molecule has 8 heteroatoms. The molecule has 0 spiro atoms. The van der Waals surface area contributed by atoms with Gasteiger partial charge in [-0.2, -0.15) is 5.26 Å². The maximum Gasteiger partial charge on any atom is 0.266 e. The smallest absolute Gasteiger partial charge is 0.266 e. The van der Waals surface area contributed by atoms with Crippen molar-refractivity contribution in [3.05, 3.63) is 96.9 Å². The monoisotopic (exact) mass is 534 g/mol. The number of ether oxygens (including phenoxy) is 1. The lowest BCUT2D eigenvalue weighted by Gasteiger charge is -2.11. The number of rotatable bonds is 6. The zero-order chi connectivity index (χ0) is 22.4. The highest BCUT2D eigenvalue weighted by molar-refractivity contribution is 9.10. The highest BCUT2D eigenvalue weighted by atomic mass is 79.9. The topological polar surface area (TPSA) is 62.1 Å². The van der Waals surface area contributed by atoms with Crippen LogP contribution in [0.2, 0.25) is 15.1 Å². The van der Waals surface area contributed by atoms with Crippen LogP contribution in [0.4, 0.5) is 5.69 Å². The highest BCUT2D eigenvalue weighted by Gasteiger charge is 2.12. The molecule has 0 fully saturated rings. The maximum atomic E-state index is 12.6. The summed E-state index contributed by atoms with van der Waals surface area (Å²) in [5, 5.41) is 13.5. The van der Waals surface area contributed by atoms with Crippen molar-refractivity contribution < 1.29 is 9.53 Å². The molecule has 0 saturated heterocycles. The zero-order valence-electron chi connectivity index (χ0n) is 15.8. The molecule has 0 radical (unpaired) electrons. The fourth-order valence-electron chi connectivity index (χ4n) is 2.59. The Balaban J connectivity index is 1.82. The second-order valence-corrected chi connectivity index (χ2v) is 8.52. The van der Waals surface area contributed by atoms with Crippen molar-refractivity contribution >= 4 is 68.4 Å². The number of carbonyl (C=O) groups excluding carboxylic acids is 1. The summed E-state index contributed by atoms with van der Waals surface area (Å²) in [6, 6.07) is 19.1. The van der Waals surface area contributed by atoms with Crippen molar-refractivity contribution in [2.45, 2.75) is 6.61 Å². The van der Waals surface area contributed by atoms with Crippen LogP contribution in [-0.2, 0) is 11.4 Å². The molecule has 0 aliphatic carbocycles. The minimum atomic E-state index is -0.541. The number of hydrogen-bond acceptors (Lipinski definition) is 3. The van der Waals surface area contributed by atoms with Crippen LogP contribution in [0.25, 0.3) is 6.08 Å². The Morgan fingerprint density at radius 1 is 1.03 bits per heavy atom. The van der Waals surface area contributed by atoms with Gasteiger partial charge < -0.3 is 10.1 Å². The average molecular weight is 537 g/mol. The normalized spacial score (nSPS) is 11.0. The second-order valence-electron chi connectivity index (χ2n) is 6.35. The van der Waals surface area contributed by atoms with Gasteiger partial charge in [-0.15, -0.1) is 0 Å². The van der Waals surface area contributed by atoms with E-state index in [9.17, 15) is 10.1 Å². The molecule has 156 valence electrons. The predicted octanol–water partition coefficient (Wildman–Crippen LogP) is 7.53. The summed E-state index contributed by atoms with van der Waals surface area (Å²) in [5.41, 5.74) is 1.78. The van der Waals surface area contributed by atoms with Gasteiger partial charge in [0.25, 0.3) is 5.91 Å². The lowest BCUT2D eigenvalue weighted by molar-refractivity contribution is -0.112. The summed E-state index contributed by atoms with van der Waals surface area (Å²) in [7, 11) is 0. The molecule has 31 heavy (non-hydrogen) atoms. The first kappa shape index (κ1) is 23.2. The third-order valence-electron chi connectivity index (χ3n) is 4.12. The number of nitrogens with zero attached hydrogens (tertiary/aromatic N) is 1. The van der Waals surface area contributed by atoms with Gasteiger partial charge in [0.05, 0.1) is 10.0 Å². The minimum Gasteiger partial charge on any atom is -0.488 e. The number of nitrogens with one attached hydrogen (secondary N) is 1. The van der Waals surface area contributed by atoms with E-state index in [0.29, 0.717) is 32.1 Å². The fraction of sp³-hybridized carbons (Fsp3) is 0.0435. The summed E-state index contributed by atoms with van der Waals surface area (Å²) < 4.78 is 6.76. The van der Waals surface area contributed by atoms with Gasteiger partial charge in [0.2, 0.25) is 0 Å². The van der Waals surface area contributed by atoms with Crippen LogP contribution < -0.4 is 10.1 Å². The number of amides is 1. The van der Waals surface area contributed by atoms with Crippen LogP contribution in [0.1, 0.15) is 11.1 Å². The molecule has 3 rings (SSSR count). The minimum absolute atomic E-state index is 0.0930. The van der Waals surface area contributed by atoms with Gasteiger partial charge in [-0.1, -0.05) is 56.8 Å². The predicted molar refractivity (Wildman–Crippen MR) is 129 cm³/mol. The van der Waals surface area contributed by atoms with Gasteiger partial charge in [0.15, 0.2) is 0 Å². The Hall–Kier alpha value is -2.49. The molecule has 0 aliphatic heterocycles. The molecular weight excluding hydrogens is 523 g/mol. The number of hydrogen-bond donors (Lipinski definition) is 1. The first-order valence-corrected chi connectivity index (χ1v) is 10.8. The largest absolute Gasteiger partial charge is 0.488 e. The third-order valence-corrected chi connectivity index (χ3v) is 5.62. The Bertz CT molecular complexity index is 1190. The van der Waals surface area contributed by atoms with Crippen LogP contribution in [0, 0.1) is 11.3 Å². The molecule has 0 bridgehead atoms. The number of halogens is 4. The van der Waals surface area contributed by atoms with E-state index < -0.39 is 5.91 Å². The van der Waals surface area contributed by atoms with Crippen molar-refractivity contribution in [1.82, 2.24) is 0 Å². The maximum absolute atomic E-state index is 12.6. The summed E-state index contributed by atoms with van der Waals surface area (Å²) >= 11 is 21.4.